The average Bonchev–Trinajstić information content (AvgIpc) is 2.90. The number of nitrogens with one attached hydrogen (secondary N) is 1. The molecular weight excluding hydrogens is 300 g/mol. The summed E-state index contributed by atoms with van der Waals surface area (Å²) in [5.41, 5.74) is 9.17. The lowest BCUT2D eigenvalue weighted by molar-refractivity contribution is -0.112. The first kappa shape index (κ1) is 15.6. The molecule has 1 heterocycles. The van der Waals surface area contributed by atoms with Crippen LogP contribution >= 0.6 is 0 Å². The quantitative estimate of drug-likeness (QED) is 0.517. The molecule has 3 N–H and O–H groups in total. The molecule has 0 radical (unpaired) electrons. The Balaban J connectivity index is 1.83. The fourth-order valence-electron chi connectivity index (χ4n) is 2.83. The van der Waals surface area contributed by atoms with Crippen LogP contribution in [0.1, 0.15) is 12.5 Å². The number of carbonyl (C=O) groups excluding carboxylic acids is 1. The smallest absolute Gasteiger partial charge is 0.267 e. The molecule has 5 heteroatoms. The summed E-state index contributed by atoms with van der Waals surface area (Å²) in [6.07, 6.45) is 2.52. The van der Waals surface area contributed by atoms with Gasteiger partial charge in [0.05, 0.1) is 0 Å². The molecule has 0 fully saturated rings. The predicted octanol–water partition coefficient (Wildman–Crippen LogP) is 3.07. The third kappa shape index (κ3) is 3.08. The lowest BCUT2D eigenvalue weighted by atomic mass is 10.1. The molecule has 24 heavy (non-hydrogen) atoms. The first-order valence-corrected chi connectivity index (χ1v) is 7.73. The molecule has 0 aromatic heterocycles. The maximum absolute atomic E-state index is 12.4. The Hall–Kier alpha value is -3.26. The number of rotatable bonds is 3. The van der Waals surface area contributed by atoms with Crippen LogP contribution in [-0.4, -0.2) is 11.9 Å². The van der Waals surface area contributed by atoms with E-state index in [1.165, 1.54) is 5.56 Å². The van der Waals surface area contributed by atoms with Gasteiger partial charge < -0.3 is 16.0 Å². The molecule has 1 atom stereocenters. The van der Waals surface area contributed by atoms with Crippen LogP contribution < -0.4 is 16.0 Å². The summed E-state index contributed by atoms with van der Waals surface area (Å²) >= 11 is 0. The summed E-state index contributed by atoms with van der Waals surface area (Å²) in [7, 11) is 0. The van der Waals surface area contributed by atoms with Gasteiger partial charge in [0, 0.05) is 29.3 Å². The number of carbonyl (C=O) groups is 1. The van der Waals surface area contributed by atoms with E-state index in [4.69, 9.17) is 5.73 Å². The lowest BCUT2D eigenvalue weighted by Crippen LogP contribution is -2.25. The van der Waals surface area contributed by atoms with E-state index in [1.54, 1.807) is 30.5 Å². The van der Waals surface area contributed by atoms with Crippen LogP contribution in [0.5, 0.6) is 0 Å². The number of hydrogen-bond donors (Lipinski definition) is 2. The second-order valence-electron chi connectivity index (χ2n) is 5.82. The van der Waals surface area contributed by atoms with Crippen molar-refractivity contribution in [2.24, 2.45) is 0 Å². The normalized spacial score (nSPS) is 16.4. The largest absolute Gasteiger partial charge is 0.399 e. The van der Waals surface area contributed by atoms with Gasteiger partial charge >= 0.3 is 0 Å². The van der Waals surface area contributed by atoms with Crippen LogP contribution in [0.4, 0.5) is 17.1 Å². The van der Waals surface area contributed by atoms with Gasteiger partial charge in [-0.2, -0.15) is 5.26 Å². The first-order valence-electron chi connectivity index (χ1n) is 7.73. The van der Waals surface area contributed by atoms with Gasteiger partial charge in [0.1, 0.15) is 11.6 Å². The van der Waals surface area contributed by atoms with Crippen LogP contribution in [-0.2, 0) is 11.2 Å². The van der Waals surface area contributed by atoms with Crippen LogP contribution in [0.15, 0.2) is 60.3 Å². The molecule has 120 valence electrons. The maximum atomic E-state index is 12.4. The number of hydrogen-bond acceptors (Lipinski definition) is 4. The number of benzene rings is 2. The topological polar surface area (TPSA) is 82.2 Å². The van der Waals surface area contributed by atoms with Crippen LogP contribution in [0.25, 0.3) is 0 Å². The standard InChI is InChI=1S/C19H18N4O/c1-13-10-14-4-2-3-5-18(14)23(13)12-15(11-20)19(24)22-17-8-6-16(21)7-9-17/h2-9,12-13H,10,21H2,1H3,(H,22,24)/b15-12-. The van der Waals surface area contributed by atoms with Gasteiger partial charge in [-0.3, -0.25) is 4.79 Å². The zero-order valence-electron chi connectivity index (χ0n) is 13.4. The number of para-hydroxylation sites is 1. The van der Waals surface area contributed by atoms with Crippen LogP contribution in [0, 0.1) is 11.3 Å². The summed E-state index contributed by atoms with van der Waals surface area (Å²) in [5.74, 6) is -0.432. The van der Waals surface area contributed by atoms with Crippen LogP contribution in [0.2, 0.25) is 0 Å². The molecule has 2 aromatic rings. The molecule has 0 aliphatic carbocycles. The Morgan fingerprint density at radius 3 is 2.71 bits per heavy atom. The summed E-state index contributed by atoms with van der Waals surface area (Å²) in [4.78, 5) is 14.4. The highest BCUT2D eigenvalue weighted by Gasteiger charge is 2.25. The number of amides is 1. The predicted molar refractivity (Wildman–Crippen MR) is 95.3 cm³/mol. The van der Waals surface area contributed by atoms with Crippen molar-refractivity contribution < 1.29 is 4.79 Å². The van der Waals surface area contributed by atoms with E-state index >= 15 is 0 Å². The van der Waals surface area contributed by atoms with Crippen molar-refractivity contribution in [1.29, 1.82) is 5.26 Å². The molecule has 0 saturated carbocycles. The fraction of sp³-hybridized carbons (Fsp3) is 0.158. The molecule has 1 amide bonds. The van der Waals surface area contributed by atoms with Crippen molar-refractivity contribution in [2.75, 3.05) is 16.0 Å². The molecule has 0 saturated heterocycles. The van der Waals surface area contributed by atoms with Crippen molar-refractivity contribution in [3.05, 3.63) is 65.9 Å². The van der Waals surface area contributed by atoms with E-state index < -0.39 is 5.91 Å². The third-order valence-electron chi connectivity index (χ3n) is 4.06. The van der Waals surface area contributed by atoms with E-state index in [0.717, 1.165) is 12.1 Å². The van der Waals surface area contributed by atoms with Crippen molar-refractivity contribution in [1.82, 2.24) is 0 Å². The monoisotopic (exact) mass is 318 g/mol. The Labute approximate surface area is 141 Å². The van der Waals surface area contributed by atoms with Gasteiger partial charge in [-0.15, -0.1) is 0 Å². The van der Waals surface area contributed by atoms with Crippen molar-refractivity contribution >= 4 is 23.0 Å². The average molecular weight is 318 g/mol. The highest BCUT2D eigenvalue weighted by molar-refractivity contribution is 6.06. The van der Waals surface area contributed by atoms with Gasteiger partial charge in [-0.25, -0.2) is 0 Å². The minimum Gasteiger partial charge on any atom is -0.399 e. The highest BCUT2D eigenvalue weighted by atomic mass is 16.1. The number of nitrogen functional groups attached to an aromatic ring is 1. The molecule has 2 aromatic carbocycles. The number of nitriles is 1. The number of nitrogens with zero attached hydrogens (tertiary/aromatic N) is 2. The Morgan fingerprint density at radius 2 is 2.00 bits per heavy atom. The molecule has 5 nitrogen and oxygen atoms in total. The van der Waals surface area contributed by atoms with E-state index in [0.29, 0.717) is 11.4 Å². The minimum absolute atomic E-state index is 0.0652. The van der Waals surface area contributed by atoms with E-state index in [9.17, 15) is 10.1 Å². The molecule has 1 aliphatic heterocycles. The molecular formula is C19H18N4O. The number of nitrogens with two attached hydrogens (primary N) is 1. The molecule has 1 unspecified atom stereocenters. The zero-order valence-corrected chi connectivity index (χ0v) is 13.4. The summed E-state index contributed by atoms with van der Waals surface area (Å²) in [6.45, 7) is 2.07. The second-order valence-corrected chi connectivity index (χ2v) is 5.82. The van der Waals surface area contributed by atoms with Crippen molar-refractivity contribution in [3.8, 4) is 6.07 Å². The van der Waals surface area contributed by atoms with E-state index in [1.807, 2.05) is 29.2 Å². The number of anilines is 3. The summed E-state index contributed by atoms with van der Waals surface area (Å²) in [5, 5.41) is 12.1. The van der Waals surface area contributed by atoms with Crippen molar-refractivity contribution in [2.45, 2.75) is 19.4 Å². The molecule has 0 spiro atoms. The third-order valence-corrected chi connectivity index (χ3v) is 4.06. The van der Waals surface area contributed by atoms with Gasteiger partial charge in [0.15, 0.2) is 0 Å². The minimum atomic E-state index is -0.432. The summed E-state index contributed by atoms with van der Waals surface area (Å²) in [6, 6.07) is 17.0. The Bertz CT molecular complexity index is 833. The first-order chi connectivity index (χ1) is 11.6. The van der Waals surface area contributed by atoms with Gasteiger partial charge in [0.25, 0.3) is 5.91 Å². The van der Waals surface area contributed by atoms with Crippen LogP contribution in [0.3, 0.4) is 0 Å². The SMILES string of the molecule is CC1Cc2ccccc2N1/C=C(/C#N)C(=O)Nc1ccc(N)cc1. The molecule has 1 aliphatic rings. The Morgan fingerprint density at radius 1 is 1.29 bits per heavy atom. The lowest BCUT2D eigenvalue weighted by Gasteiger charge is -2.20. The van der Waals surface area contributed by atoms with Gasteiger partial charge in [-0.1, -0.05) is 18.2 Å². The van der Waals surface area contributed by atoms with Crippen molar-refractivity contribution in [3.63, 3.8) is 0 Å². The Kier molecular flexibility index (Phi) is 4.21. The number of fused-ring (bicyclic) bond motifs is 1. The van der Waals surface area contributed by atoms with Gasteiger partial charge in [-0.05, 0) is 49.2 Å². The van der Waals surface area contributed by atoms with Gasteiger partial charge in [0.2, 0.25) is 0 Å². The molecule has 0 bridgehead atoms. The van der Waals surface area contributed by atoms with E-state index in [-0.39, 0.29) is 11.6 Å². The maximum Gasteiger partial charge on any atom is 0.267 e. The highest BCUT2D eigenvalue weighted by Crippen LogP contribution is 2.32. The summed E-state index contributed by atoms with van der Waals surface area (Å²) < 4.78 is 0. The second kappa shape index (κ2) is 6.47. The fourth-order valence-corrected chi connectivity index (χ4v) is 2.83. The molecule has 3 rings (SSSR count). The zero-order chi connectivity index (χ0) is 17.1. The van der Waals surface area contributed by atoms with E-state index in [2.05, 4.69) is 18.3 Å².